The Kier molecular flexibility index (Phi) is 5.85. The third kappa shape index (κ3) is 4.33. The van der Waals surface area contributed by atoms with Crippen molar-refractivity contribution >= 4 is 17.9 Å². The van der Waals surface area contributed by atoms with Crippen LogP contribution in [0.3, 0.4) is 0 Å². The molecule has 0 atom stereocenters. The zero-order chi connectivity index (χ0) is 19.2. The zero-order valence-electron chi connectivity index (χ0n) is 15.2. The van der Waals surface area contributed by atoms with Crippen LogP contribution in [0.1, 0.15) is 41.5 Å². The van der Waals surface area contributed by atoms with E-state index in [9.17, 15) is 14.4 Å². The van der Waals surface area contributed by atoms with Gasteiger partial charge in [-0.1, -0.05) is 25.1 Å². The van der Waals surface area contributed by atoms with Gasteiger partial charge in [0.25, 0.3) is 5.91 Å². The van der Waals surface area contributed by atoms with Crippen LogP contribution in [-0.4, -0.2) is 40.8 Å². The highest BCUT2D eigenvalue weighted by molar-refractivity contribution is 5.97. The number of benzene rings is 1. The van der Waals surface area contributed by atoms with E-state index in [0.717, 1.165) is 42.6 Å². The molecule has 3 amide bonds. The number of aromatic nitrogens is 2. The Morgan fingerprint density at radius 2 is 1.96 bits per heavy atom. The number of carbonyl (C=O) groups excluding carboxylic acids is 3. The number of imide groups is 1. The molecule has 3 rings (SSSR count). The van der Waals surface area contributed by atoms with Crippen molar-refractivity contribution in [3.63, 3.8) is 0 Å². The van der Waals surface area contributed by atoms with Gasteiger partial charge in [0.05, 0.1) is 5.69 Å². The average Bonchev–Trinajstić information content (AvgIpc) is 3.27. The average molecular weight is 370 g/mol. The lowest BCUT2D eigenvalue weighted by Crippen LogP contribution is -2.41. The van der Waals surface area contributed by atoms with Crippen LogP contribution in [0, 0.1) is 0 Å². The summed E-state index contributed by atoms with van der Waals surface area (Å²) in [5, 5.41) is 9.04. The first-order valence-corrected chi connectivity index (χ1v) is 9.01. The SMILES string of the molecule is CCCNC(=O)NC(=O)COC(=O)c1nn(-c2ccccc2)c2c1CCC2. The summed E-state index contributed by atoms with van der Waals surface area (Å²) < 4.78 is 6.82. The minimum Gasteiger partial charge on any atom is -0.451 e. The first-order valence-electron chi connectivity index (χ1n) is 9.01. The number of carbonyl (C=O) groups is 3. The topological polar surface area (TPSA) is 102 Å². The lowest BCUT2D eigenvalue weighted by Gasteiger charge is -2.06. The van der Waals surface area contributed by atoms with Gasteiger partial charge in [0.1, 0.15) is 0 Å². The van der Waals surface area contributed by atoms with Gasteiger partial charge in [0.2, 0.25) is 0 Å². The molecule has 1 aromatic carbocycles. The summed E-state index contributed by atoms with van der Waals surface area (Å²) in [7, 11) is 0. The minimum absolute atomic E-state index is 0.231. The minimum atomic E-state index is -0.684. The van der Waals surface area contributed by atoms with Crippen molar-refractivity contribution in [2.24, 2.45) is 0 Å². The van der Waals surface area contributed by atoms with E-state index in [1.165, 1.54) is 0 Å². The van der Waals surface area contributed by atoms with E-state index in [0.29, 0.717) is 6.54 Å². The van der Waals surface area contributed by atoms with Crippen LogP contribution in [0.25, 0.3) is 5.69 Å². The number of esters is 1. The van der Waals surface area contributed by atoms with Crippen LogP contribution in [-0.2, 0) is 22.4 Å². The van der Waals surface area contributed by atoms with E-state index in [1.54, 1.807) is 4.68 Å². The summed E-state index contributed by atoms with van der Waals surface area (Å²) in [6, 6.07) is 8.96. The standard InChI is InChI=1S/C19H22N4O4/c1-2-11-20-19(26)21-16(24)12-27-18(25)17-14-9-6-10-15(14)23(22-17)13-7-4-3-5-8-13/h3-5,7-8H,2,6,9-12H2,1H3,(H2,20,21,24,26). The van der Waals surface area contributed by atoms with Crippen LogP contribution in [0.2, 0.25) is 0 Å². The van der Waals surface area contributed by atoms with Crippen molar-refractivity contribution in [3.8, 4) is 5.69 Å². The van der Waals surface area contributed by atoms with Gasteiger partial charge < -0.3 is 10.1 Å². The summed E-state index contributed by atoms with van der Waals surface area (Å²) in [5.74, 6) is -1.34. The molecule has 8 nitrogen and oxygen atoms in total. The van der Waals surface area contributed by atoms with Crippen molar-refractivity contribution in [1.82, 2.24) is 20.4 Å². The maximum Gasteiger partial charge on any atom is 0.359 e. The second kappa shape index (κ2) is 8.48. The van der Waals surface area contributed by atoms with E-state index in [4.69, 9.17) is 4.74 Å². The molecule has 1 aliphatic rings. The van der Waals surface area contributed by atoms with Gasteiger partial charge in [-0.15, -0.1) is 0 Å². The van der Waals surface area contributed by atoms with Crippen LogP contribution < -0.4 is 10.6 Å². The molecule has 0 spiro atoms. The molecule has 27 heavy (non-hydrogen) atoms. The second-order valence-corrected chi connectivity index (χ2v) is 6.25. The summed E-state index contributed by atoms with van der Waals surface area (Å²) in [6.45, 7) is 1.82. The van der Waals surface area contributed by atoms with Gasteiger partial charge in [-0.3, -0.25) is 10.1 Å². The summed E-state index contributed by atoms with van der Waals surface area (Å²) in [5.41, 5.74) is 2.97. The van der Waals surface area contributed by atoms with Gasteiger partial charge in [-0.05, 0) is 37.8 Å². The first-order chi connectivity index (χ1) is 13.1. The number of hydrogen-bond donors (Lipinski definition) is 2. The van der Waals surface area contributed by atoms with Crippen molar-refractivity contribution in [2.75, 3.05) is 13.2 Å². The zero-order valence-corrected chi connectivity index (χ0v) is 15.2. The highest BCUT2D eigenvalue weighted by atomic mass is 16.5. The number of rotatable bonds is 6. The molecule has 1 heterocycles. The van der Waals surface area contributed by atoms with Crippen LogP contribution in [0.5, 0.6) is 0 Å². The summed E-state index contributed by atoms with van der Waals surface area (Å²) >= 11 is 0. The smallest absolute Gasteiger partial charge is 0.359 e. The summed E-state index contributed by atoms with van der Waals surface area (Å²) in [4.78, 5) is 35.6. The number of urea groups is 1. The number of amides is 3. The monoisotopic (exact) mass is 370 g/mol. The van der Waals surface area contributed by atoms with Crippen LogP contribution in [0.15, 0.2) is 30.3 Å². The number of nitrogens with one attached hydrogen (secondary N) is 2. The predicted octanol–water partition coefficient (Wildman–Crippen LogP) is 1.75. The molecule has 1 aliphatic carbocycles. The molecular formula is C19H22N4O4. The van der Waals surface area contributed by atoms with Crippen molar-refractivity contribution in [3.05, 3.63) is 47.3 Å². The maximum atomic E-state index is 12.4. The molecule has 2 N–H and O–H groups in total. The van der Waals surface area contributed by atoms with Gasteiger partial charge >= 0.3 is 12.0 Å². The summed E-state index contributed by atoms with van der Waals surface area (Å²) in [6.07, 6.45) is 3.28. The lowest BCUT2D eigenvalue weighted by atomic mass is 10.2. The third-order valence-electron chi connectivity index (χ3n) is 4.25. The quantitative estimate of drug-likeness (QED) is 0.754. The highest BCUT2D eigenvalue weighted by Gasteiger charge is 2.28. The fourth-order valence-electron chi connectivity index (χ4n) is 3.03. The Bertz CT molecular complexity index is 845. The number of para-hydroxylation sites is 1. The Labute approximate surface area is 156 Å². The van der Waals surface area contributed by atoms with Crippen LogP contribution >= 0.6 is 0 Å². The second-order valence-electron chi connectivity index (χ2n) is 6.25. The Balaban J connectivity index is 1.66. The van der Waals surface area contributed by atoms with E-state index >= 15 is 0 Å². The highest BCUT2D eigenvalue weighted by Crippen LogP contribution is 2.28. The van der Waals surface area contributed by atoms with Crippen molar-refractivity contribution in [1.29, 1.82) is 0 Å². The van der Waals surface area contributed by atoms with E-state index < -0.39 is 24.5 Å². The molecule has 0 radical (unpaired) electrons. The normalized spacial score (nSPS) is 12.3. The molecule has 0 bridgehead atoms. The Morgan fingerprint density at radius 3 is 2.70 bits per heavy atom. The molecular weight excluding hydrogens is 348 g/mol. The first kappa shape index (κ1) is 18.6. The molecule has 142 valence electrons. The number of hydrogen-bond acceptors (Lipinski definition) is 5. The van der Waals surface area contributed by atoms with Gasteiger partial charge in [-0.25, -0.2) is 14.3 Å². The number of nitrogens with zero attached hydrogens (tertiary/aromatic N) is 2. The van der Waals surface area contributed by atoms with Crippen molar-refractivity contribution in [2.45, 2.75) is 32.6 Å². The molecule has 1 aromatic heterocycles. The molecule has 0 unspecified atom stereocenters. The van der Waals surface area contributed by atoms with Gasteiger partial charge in [-0.2, -0.15) is 5.10 Å². The molecule has 0 aliphatic heterocycles. The molecule has 8 heteroatoms. The van der Waals surface area contributed by atoms with E-state index in [1.807, 2.05) is 37.3 Å². The lowest BCUT2D eigenvalue weighted by molar-refractivity contribution is -0.123. The van der Waals surface area contributed by atoms with Crippen molar-refractivity contribution < 1.29 is 19.1 Å². The Morgan fingerprint density at radius 1 is 1.19 bits per heavy atom. The molecule has 2 aromatic rings. The van der Waals surface area contributed by atoms with E-state index in [2.05, 4.69) is 15.7 Å². The van der Waals surface area contributed by atoms with Gasteiger partial charge in [0, 0.05) is 17.8 Å². The Hall–Kier alpha value is -3.16. The van der Waals surface area contributed by atoms with Crippen LogP contribution in [0.4, 0.5) is 4.79 Å². The third-order valence-corrected chi connectivity index (χ3v) is 4.25. The molecule has 0 saturated heterocycles. The van der Waals surface area contributed by atoms with Gasteiger partial charge in [0.15, 0.2) is 12.3 Å². The number of fused-ring (bicyclic) bond motifs is 1. The maximum absolute atomic E-state index is 12.4. The largest absolute Gasteiger partial charge is 0.451 e. The molecule has 0 fully saturated rings. The number of ether oxygens (including phenoxy) is 1. The van der Waals surface area contributed by atoms with E-state index in [-0.39, 0.29) is 5.69 Å². The molecule has 0 saturated carbocycles. The fourth-order valence-corrected chi connectivity index (χ4v) is 3.03. The fraction of sp³-hybridized carbons (Fsp3) is 0.368. The predicted molar refractivity (Wildman–Crippen MR) is 97.7 cm³/mol.